The number of aliphatic carboxylic acids is 1. The molecule has 1 amide bonds. The average molecular weight is 347 g/mol. The lowest BCUT2D eigenvalue weighted by atomic mass is 9.96. The Kier molecular flexibility index (Phi) is 5.32. The van der Waals surface area contributed by atoms with E-state index in [0.29, 0.717) is 18.4 Å². The summed E-state index contributed by atoms with van der Waals surface area (Å²) in [6, 6.07) is 16.4. The van der Waals surface area contributed by atoms with Gasteiger partial charge < -0.3 is 10.4 Å². The summed E-state index contributed by atoms with van der Waals surface area (Å²) in [5, 5.41) is 15.7. The van der Waals surface area contributed by atoms with Crippen LogP contribution in [-0.2, 0) is 4.79 Å². The van der Waals surface area contributed by atoms with Crippen molar-refractivity contribution in [3.8, 4) is 0 Å². The molecule has 0 saturated carbocycles. The highest BCUT2D eigenvalue weighted by atomic mass is 16.4. The molecular weight excluding hydrogens is 326 g/mol. The Bertz CT molecular complexity index is 923. The number of amides is 1. The Morgan fingerprint density at radius 1 is 1.04 bits per heavy atom. The van der Waals surface area contributed by atoms with Gasteiger partial charge in [-0.3, -0.25) is 4.79 Å². The second kappa shape index (κ2) is 7.83. The van der Waals surface area contributed by atoms with E-state index in [1.807, 2.05) is 54.6 Å². The average Bonchev–Trinajstić information content (AvgIpc) is 2.65. The standard InChI is InChI=1S/C22H21NO3/c1-2-3-4-13-19(22(25)26)23-21(24)20-17-11-7-5-9-15(17)14-16-10-6-8-12-18(16)20/h2,5-12,14,19H,1,3-4,13H2,(H,23,24)(H,25,26)/t19-/m0/s1. The molecule has 132 valence electrons. The third-order valence-electron chi connectivity index (χ3n) is 4.50. The molecule has 4 nitrogen and oxygen atoms in total. The van der Waals surface area contributed by atoms with Gasteiger partial charge in [0.2, 0.25) is 0 Å². The molecule has 3 rings (SSSR count). The van der Waals surface area contributed by atoms with Gasteiger partial charge in [-0.15, -0.1) is 6.58 Å². The first-order chi connectivity index (χ1) is 12.6. The van der Waals surface area contributed by atoms with E-state index in [9.17, 15) is 14.7 Å². The summed E-state index contributed by atoms with van der Waals surface area (Å²) >= 11 is 0. The van der Waals surface area contributed by atoms with Crippen LogP contribution >= 0.6 is 0 Å². The van der Waals surface area contributed by atoms with Gasteiger partial charge >= 0.3 is 5.97 Å². The maximum atomic E-state index is 13.0. The third kappa shape index (κ3) is 3.59. The van der Waals surface area contributed by atoms with Crippen molar-refractivity contribution >= 4 is 33.4 Å². The normalized spacial score (nSPS) is 12.0. The summed E-state index contributed by atoms with van der Waals surface area (Å²) < 4.78 is 0. The molecule has 0 fully saturated rings. The summed E-state index contributed by atoms with van der Waals surface area (Å²) in [6.07, 6.45) is 3.50. The number of carboxylic acids is 1. The molecule has 0 aliphatic heterocycles. The van der Waals surface area contributed by atoms with Gasteiger partial charge in [0.25, 0.3) is 5.91 Å². The molecular formula is C22H21NO3. The van der Waals surface area contributed by atoms with Gasteiger partial charge in [0.05, 0.1) is 5.56 Å². The van der Waals surface area contributed by atoms with E-state index >= 15 is 0 Å². The van der Waals surface area contributed by atoms with Crippen molar-refractivity contribution in [1.82, 2.24) is 5.32 Å². The summed E-state index contributed by atoms with van der Waals surface area (Å²) in [5.41, 5.74) is 0.522. The highest BCUT2D eigenvalue weighted by Gasteiger charge is 2.22. The predicted molar refractivity (Wildman–Crippen MR) is 104 cm³/mol. The molecule has 0 spiro atoms. The lowest BCUT2D eigenvalue weighted by molar-refractivity contribution is -0.139. The summed E-state index contributed by atoms with van der Waals surface area (Å²) in [4.78, 5) is 24.6. The smallest absolute Gasteiger partial charge is 0.326 e. The van der Waals surface area contributed by atoms with Gasteiger partial charge in [-0.05, 0) is 46.9 Å². The maximum absolute atomic E-state index is 13.0. The van der Waals surface area contributed by atoms with Gasteiger partial charge in [-0.1, -0.05) is 54.6 Å². The summed E-state index contributed by atoms with van der Waals surface area (Å²) in [6.45, 7) is 3.64. The van der Waals surface area contributed by atoms with Crippen LogP contribution in [-0.4, -0.2) is 23.0 Å². The van der Waals surface area contributed by atoms with Crippen molar-refractivity contribution in [3.63, 3.8) is 0 Å². The van der Waals surface area contributed by atoms with Crippen LogP contribution in [0.4, 0.5) is 0 Å². The number of rotatable bonds is 7. The lowest BCUT2D eigenvalue weighted by Crippen LogP contribution is -2.40. The van der Waals surface area contributed by atoms with Crippen LogP contribution in [0.15, 0.2) is 67.3 Å². The number of carboxylic acid groups (broad SMARTS) is 1. The first kappa shape index (κ1) is 17.7. The number of nitrogens with one attached hydrogen (secondary N) is 1. The van der Waals surface area contributed by atoms with E-state index in [1.165, 1.54) is 0 Å². The lowest BCUT2D eigenvalue weighted by Gasteiger charge is -2.16. The Morgan fingerprint density at radius 2 is 1.62 bits per heavy atom. The number of hydrogen-bond donors (Lipinski definition) is 2. The maximum Gasteiger partial charge on any atom is 0.326 e. The van der Waals surface area contributed by atoms with Crippen LogP contribution in [0.3, 0.4) is 0 Å². The van der Waals surface area contributed by atoms with E-state index in [1.54, 1.807) is 6.08 Å². The Morgan fingerprint density at radius 3 is 2.15 bits per heavy atom. The Hall–Kier alpha value is -3.14. The van der Waals surface area contributed by atoms with E-state index in [0.717, 1.165) is 28.0 Å². The summed E-state index contributed by atoms with van der Waals surface area (Å²) in [5.74, 6) is -1.38. The number of fused-ring (bicyclic) bond motifs is 2. The minimum Gasteiger partial charge on any atom is -0.480 e. The van der Waals surface area contributed by atoms with Crippen LogP contribution in [0.5, 0.6) is 0 Å². The second-order valence-electron chi connectivity index (χ2n) is 6.28. The van der Waals surface area contributed by atoms with Crippen molar-refractivity contribution in [2.24, 2.45) is 0 Å². The zero-order valence-corrected chi connectivity index (χ0v) is 14.4. The first-order valence-corrected chi connectivity index (χ1v) is 8.67. The Balaban J connectivity index is 2.03. The fourth-order valence-electron chi connectivity index (χ4n) is 3.21. The molecule has 0 aromatic heterocycles. The largest absolute Gasteiger partial charge is 0.480 e. The fourth-order valence-corrected chi connectivity index (χ4v) is 3.21. The number of unbranched alkanes of at least 4 members (excludes halogenated alkanes) is 1. The van der Waals surface area contributed by atoms with Crippen molar-refractivity contribution in [2.45, 2.75) is 25.3 Å². The van der Waals surface area contributed by atoms with Crippen LogP contribution in [0.2, 0.25) is 0 Å². The zero-order chi connectivity index (χ0) is 18.5. The molecule has 3 aromatic carbocycles. The topological polar surface area (TPSA) is 66.4 Å². The molecule has 1 atom stereocenters. The predicted octanol–water partition coefficient (Wildman–Crippen LogP) is 4.53. The van der Waals surface area contributed by atoms with Crippen molar-refractivity contribution in [3.05, 3.63) is 72.8 Å². The molecule has 4 heteroatoms. The fraction of sp³-hybridized carbons (Fsp3) is 0.182. The number of hydrogen-bond acceptors (Lipinski definition) is 2. The van der Waals surface area contributed by atoms with Gasteiger partial charge in [0.15, 0.2) is 0 Å². The molecule has 0 saturated heterocycles. The van der Waals surface area contributed by atoms with Crippen LogP contribution in [0.1, 0.15) is 29.6 Å². The molecule has 3 aromatic rings. The number of allylic oxidation sites excluding steroid dienone is 1. The van der Waals surface area contributed by atoms with E-state index in [2.05, 4.69) is 11.9 Å². The van der Waals surface area contributed by atoms with Crippen LogP contribution < -0.4 is 5.32 Å². The quantitative estimate of drug-likeness (QED) is 0.375. The molecule has 26 heavy (non-hydrogen) atoms. The number of carbonyl (C=O) groups is 2. The van der Waals surface area contributed by atoms with Gasteiger partial charge in [-0.2, -0.15) is 0 Å². The molecule has 0 unspecified atom stereocenters. The number of carbonyl (C=O) groups excluding carboxylic acids is 1. The van der Waals surface area contributed by atoms with Crippen molar-refractivity contribution < 1.29 is 14.7 Å². The Labute approximate surface area is 152 Å². The minimum absolute atomic E-state index is 0.357. The highest BCUT2D eigenvalue weighted by Crippen LogP contribution is 2.28. The molecule has 0 radical (unpaired) electrons. The summed E-state index contributed by atoms with van der Waals surface area (Å²) in [7, 11) is 0. The van der Waals surface area contributed by atoms with Gasteiger partial charge in [0.1, 0.15) is 6.04 Å². The highest BCUT2D eigenvalue weighted by molar-refractivity contribution is 6.18. The SMILES string of the molecule is C=CCCC[C@H](NC(=O)c1c2ccccc2cc2ccccc12)C(=O)O. The third-order valence-corrected chi connectivity index (χ3v) is 4.50. The van der Waals surface area contributed by atoms with E-state index < -0.39 is 12.0 Å². The molecule has 0 aliphatic rings. The van der Waals surface area contributed by atoms with Crippen LogP contribution in [0.25, 0.3) is 21.5 Å². The molecule has 0 bridgehead atoms. The van der Waals surface area contributed by atoms with Gasteiger partial charge in [0, 0.05) is 0 Å². The van der Waals surface area contributed by atoms with Crippen molar-refractivity contribution in [1.29, 1.82) is 0 Å². The van der Waals surface area contributed by atoms with Crippen molar-refractivity contribution in [2.75, 3.05) is 0 Å². The number of benzene rings is 3. The van der Waals surface area contributed by atoms with E-state index in [-0.39, 0.29) is 5.91 Å². The molecule has 2 N–H and O–H groups in total. The first-order valence-electron chi connectivity index (χ1n) is 8.67. The monoisotopic (exact) mass is 347 g/mol. The zero-order valence-electron chi connectivity index (χ0n) is 14.4. The van der Waals surface area contributed by atoms with E-state index in [4.69, 9.17) is 0 Å². The second-order valence-corrected chi connectivity index (χ2v) is 6.28. The molecule has 0 aliphatic carbocycles. The molecule has 0 heterocycles. The van der Waals surface area contributed by atoms with Crippen LogP contribution in [0, 0.1) is 0 Å². The minimum atomic E-state index is -1.02. The van der Waals surface area contributed by atoms with Gasteiger partial charge in [-0.25, -0.2) is 4.79 Å².